The van der Waals surface area contributed by atoms with Crippen molar-refractivity contribution in [1.82, 2.24) is 15.3 Å². The molecule has 1 aliphatic heterocycles. The van der Waals surface area contributed by atoms with Crippen LogP contribution in [0.3, 0.4) is 0 Å². The number of halogens is 4. The van der Waals surface area contributed by atoms with Gasteiger partial charge in [0.1, 0.15) is 29.7 Å². The number of sulfone groups is 1. The fourth-order valence-electron chi connectivity index (χ4n) is 5.30. The van der Waals surface area contributed by atoms with Crippen LogP contribution in [-0.4, -0.2) is 60.4 Å². The minimum Gasteiger partial charge on any atom is -0.351 e. The lowest BCUT2D eigenvalue weighted by molar-refractivity contribution is -0.133. The van der Waals surface area contributed by atoms with Crippen LogP contribution in [0.25, 0.3) is 0 Å². The number of benzene rings is 2. The van der Waals surface area contributed by atoms with E-state index in [2.05, 4.69) is 15.3 Å². The standard InChI is InChI=1S/C29H24F3IN6O5S/c1-45(43,44)20-11-16(30)10-19(12-20)38(27(42)23-6-7-24(40)39(23)28-35-9-8-17(15-34)37-28)25(21-4-2-3-5-22(21)33)26(41)36-18-13-29(31,32)14-18/h2-5,8-12,18,23,25H,6-7,13-14H2,1H3,(H,36,41)/t23-,25-/m0/s1. The maximum absolute atomic E-state index is 15.0. The van der Waals surface area contributed by atoms with E-state index in [1.165, 1.54) is 18.3 Å². The van der Waals surface area contributed by atoms with E-state index in [0.29, 0.717) is 3.57 Å². The van der Waals surface area contributed by atoms with Gasteiger partial charge in [0.05, 0.1) is 4.90 Å². The van der Waals surface area contributed by atoms with Crippen molar-refractivity contribution in [2.24, 2.45) is 0 Å². The van der Waals surface area contributed by atoms with Crippen molar-refractivity contribution in [2.75, 3.05) is 16.1 Å². The number of hydrogen-bond donors (Lipinski definition) is 1. The van der Waals surface area contributed by atoms with Crippen molar-refractivity contribution in [3.63, 3.8) is 0 Å². The minimum absolute atomic E-state index is 0.0842. The van der Waals surface area contributed by atoms with E-state index in [1.807, 2.05) is 28.7 Å². The van der Waals surface area contributed by atoms with Crippen molar-refractivity contribution < 1.29 is 36.0 Å². The maximum Gasteiger partial charge on any atom is 0.252 e. The van der Waals surface area contributed by atoms with Gasteiger partial charge in [-0.1, -0.05) is 18.2 Å². The number of carbonyl (C=O) groups excluding carboxylic acids is 3. The molecule has 2 atom stereocenters. The van der Waals surface area contributed by atoms with Gasteiger partial charge in [-0.05, 0) is 64.9 Å². The Bertz CT molecular complexity index is 1850. The molecule has 2 aliphatic rings. The number of nitrogens with one attached hydrogen (secondary N) is 1. The lowest BCUT2D eigenvalue weighted by Gasteiger charge is -2.39. The summed E-state index contributed by atoms with van der Waals surface area (Å²) >= 11 is 1.92. The molecule has 5 rings (SSSR count). The number of rotatable bonds is 8. The number of anilines is 2. The summed E-state index contributed by atoms with van der Waals surface area (Å²) in [5, 5.41) is 11.9. The van der Waals surface area contributed by atoms with E-state index in [-0.39, 0.29) is 35.7 Å². The highest BCUT2D eigenvalue weighted by atomic mass is 127. The summed E-state index contributed by atoms with van der Waals surface area (Å²) in [6.45, 7) is 0. The monoisotopic (exact) mass is 752 g/mol. The largest absolute Gasteiger partial charge is 0.351 e. The van der Waals surface area contributed by atoms with Crippen LogP contribution in [-0.2, 0) is 24.2 Å². The predicted octanol–water partition coefficient (Wildman–Crippen LogP) is 3.68. The Morgan fingerprint density at radius 1 is 1.20 bits per heavy atom. The molecule has 1 saturated heterocycles. The Kier molecular flexibility index (Phi) is 8.86. The van der Waals surface area contributed by atoms with E-state index in [1.54, 1.807) is 18.2 Å². The second-order valence-electron chi connectivity index (χ2n) is 10.7. The summed E-state index contributed by atoms with van der Waals surface area (Å²) < 4.78 is 67.9. The Hall–Kier alpha value is -4.11. The van der Waals surface area contributed by atoms with Crippen LogP contribution in [0.1, 0.15) is 43.0 Å². The second-order valence-corrected chi connectivity index (χ2v) is 13.9. The number of hydrogen-bond acceptors (Lipinski definition) is 8. The maximum atomic E-state index is 15.0. The highest BCUT2D eigenvalue weighted by molar-refractivity contribution is 14.1. The second kappa shape index (κ2) is 12.4. The first kappa shape index (κ1) is 32.3. The number of amides is 3. The van der Waals surface area contributed by atoms with Gasteiger partial charge in [0.25, 0.3) is 11.8 Å². The van der Waals surface area contributed by atoms with Gasteiger partial charge in [-0.15, -0.1) is 0 Å². The van der Waals surface area contributed by atoms with Crippen LogP contribution >= 0.6 is 22.6 Å². The zero-order chi connectivity index (χ0) is 32.7. The molecule has 45 heavy (non-hydrogen) atoms. The van der Waals surface area contributed by atoms with Crippen molar-refractivity contribution in [3.05, 3.63) is 75.4 Å². The Labute approximate surface area is 269 Å². The van der Waals surface area contributed by atoms with Crippen LogP contribution in [0, 0.1) is 20.7 Å². The van der Waals surface area contributed by atoms with Gasteiger partial charge < -0.3 is 5.32 Å². The number of carbonyl (C=O) groups is 3. The van der Waals surface area contributed by atoms with E-state index < -0.39 is 75.2 Å². The molecular weight excluding hydrogens is 728 g/mol. The van der Waals surface area contributed by atoms with Crippen molar-refractivity contribution in [3.8, 4) is 6.07 Å². The third-order valence-corrected chi connectivity index (χ3v) is 9.49. The van der Waals surface area contributed by atoms with E-state index in [4.69, 9.17) is 0 Å². The first-order valence-corrected chi connectivity index (χ1v) is 16.5. The molecule has 0 unspecified atom stereocenters. The molecule has 11 nitrogen and oxygen atoms in total. The highest BCUT2D eigenvalue weighted by Crippen LogP contribution is 2.39. The first-order chi connectivity index (χ1) is 21.2. The lowest BCUT2D eigenvalue weighted by atomic mass is 9.87. The molecule has 3 aromatic rings. The molecule has 0 bridgehead atoms. The van der Waals surface area contributed by atoms with Gasteiger partial charge in [-0.3, -0.25) is 24.2 Å². The Balaban J connectivity index is 1.69. The summed E-state index contributed by atoms with van der Waals surface area (Å²) in [5.41, 5.74) is -0.178. The van der Waals surface area contributed by atoms with Crippen LogP contribution in [0.2, 0.25) is 0 Å². The molecule has 2 aromatic carbocycles. The SMILES string of the molecule is CS(=O)(=O)c1cc(F)cc(N(C(=O)[C@@H]2CCC(=O)N2c2nccc(C#N)n2)[C@H](C(=O)NC2CC(F)(F)C2)c2ccccc2I)c1. The molecule has 2 heterocycles. The van der Waals surface area contributed by atoms with Crippen LogP contribution < -0.4 is 15.1 Å². The summed E-state index contributed by atoms with van der Waals surface area (Å²) in [6, 6.07) is 8.30. The molecule has 16 heteroatoms. The quantitative estimate of drug-likeness (QED) is 0.342. The average molecular weight is 753 g/mol. The van der Waals surface area contributed by atoms with Gasteiger partial charge in [0.2, 0.25) is 17.8 Å². The first-order valence-electron chi connectivity index (χ1n) is 13.5. The molecule has 3 amide bonds. The van der Waals surface area contributed by atoms with Gasteiger partial charge >= 0.3 is 0 Å². The predicted molar refractivity (Wildman–Crippen MR) is 162 cm³/mol. The summed E-state index contributed by atoms with van der Waals surface area (Å²) in [5.74, 6) is -6.62. The average Bonchev–Trinajstić information content (AvgIpc) is 3.35. The Morgan fingerprint density at radius 3 is 2.56 bits per heavy atom. The molecule has 1 aliphatic carbocycles. The third kappa shape index (κ3) is 6.78. The molecule has 2 fully saturated rings. The van der Waals surface area contributed by atoms with Crippen LogP contribution in [0.15, 0.2) is 59.6 Å². The summed E-state index contributed by atoms with van der Waals surface area (Å²) in [7, 11) is -4.02. The number of aromatic nitrogens is 2. The number of alkyl halides is 2. The highest BCUT2D eigenvalue weighted by Gasteiger charge is 2.49. The van der Waals surface area contributed by atoms with Crippen molar-refractivity contribution >= 4 is 61.8 Å². The number of nitrogens with zero attached hydrogens (tertiary/aromatic N) is 5. The Morgan fingerprint density at radius 2 is 1.91 bits per heavy atom. The summed E-state index contributed by atoms with van der Waals surface area (Å²) in [4.78, 5) is 51.2. The normalized spacial score (nSPS) is 18.5. The van der Waals surface area contributed by atoms with Gasteiger partial charge in [-0.2, -0.15) is 5.26 Å². The van der Waals surface area contributed by atoms with E-state index >= 15 is 4.39 Å². The minimum atomic E-state index is -4.02. The molecule has 0 radical (unpaired) electrons. The zero-order valence-corrected chi connectivity index (χ0v) is 26.4. The van der Waals surface area contributed by atoms with Crippen LogP contribution in [0.4, 0.5) is 24.8 Å². The van der Waals surface area contributed by atoms with Gasteiger partial charge in [0.15, 0.2) is 9.84 Å². The topological polar surface area (TPSA) is 153 Å². The lowest BCUT2D eigenvalue weighted by Crippen LogP contribution is -2.56. The molecule has 0 spiro atoms. The fraction of sp³-hybridized carbons (Fsp3) is 0.310. The van der Waals surface area contributed by atoms with Crippen molar-refractivity contribution in [2.45, 2.75) is 54.6 Å². The molecule has 1 aromatic heterocycles. The fourth-order valence-corrected chi connectivity index (χ4v) is 6.64. The van der Waals surface area contributed by atoms with Gasteiger partial charge in [-0.25, -0.2) is 31.6 Å². The molecular formula is C29H24F3IN6O5S. The van der Waals surface area contributed by atoms with E-state index in [9.17, 15) is 36.8 Å². The molecule has 1 N–H and O–H groups in total. The van der Waals surface area contributed by atoms with E-state index in [0.717, 1.165) is 34.3 Å². The number of nitriles is 1. The molecule has 234 valence electrons. The molecule has 1 saturated carbocycles. The smallest absolute Gasteiger partial charge is 0.252 e. The zero-order valence-electron chi connectivity index (χ0n) is 23.5. The third-order valence-electron chi connectivity index (χ3n) is 7.41. The summed E-state index contributed by atoms with van der Waals surface area (Å²) in [6.07, 6.45) is 0.599. The van der Waals surface area contributed by atoms with Crippen LogP contribution in [0.5, 0.6) is 0 Å². The van der Waals surface area contributed by atoms with Gasteiger partial charge in [0, 0.05) is 47.0 Å². The van der Waals surface area contributed by atoms with Crippen molar-refractivity contribution in [1.29, 1.82) is 5.26 Å².